The van der Waals surface area contributed by atoms with Gasteiger partial charge in [0.2, 0.25) is 0 Å². The first-order valence-corrected chi connectivity index (χ1v) is 7.07. The maximum atomic E-state index is 11.6. The minimum atomic E-state index is -0.293. The number of hydrazone groups is 1. The van der Waals surface area contributed by atoms with Gasteiger partial charge < -0.3 is 9.47 Å². The molecule has 0 bridgehead atoms. The Morgan fingerprint density at radius 1 is 1.43 bits per heavy atom. The van der Waals surface area contributed by atoms with E-state index >= 15 is 0 Å². The second kappa shape index (κ2) is 7.92. The van der Waals surface area contributed by atoms with Crippen molar-refractivity contribution in [2.75, 3.05) is 7.11 Å². The van der Waals surface area contributed by atoms with E-state index in [1.165, 1.54) is 23.6 Å². The van der Waals surface area contributed by atoms with E-state index in [0.717, 1.165) is 5.56 Å². The second-order valence-electron chi connectivity index (χ2n) is 4.96. The summed E-state index contributed by atoms with van der Waals surface area (Å²) in [6, 6.07) is 5.41. The lowest BCUT2D eigenvalue weighted by Gasteiger charge is -2.13. The summed E-state index contributed by atoms with van der Waals surface area (Å²) < 4.78 is 12.3. The van der Waals surface area contributed by atoms with Gasteiger partial charge >= 0.3 is 0 Å². The number of carbonyl (C=O) groups is 1. The van der Waals surface area contributed by atoms with Gasteiger partial charge in [0.15, 0.2) is 11.5 Å². The predicted molar refractivity (Wildman–Crippen MR) is 84.5 cm³/mol. The van der Waals surface area contributed by atoms with E-state index in [-0.39, 0.29) is 18.6 Å². The van der Waals surface area contributed by atoms with Crippen LogP contribution in [0.1, 0.15) is 19.4 Å². The van der Waals surface area contributed by atoms with Gasteiger partial charge in [0, 0.05) is 0 Å². The van der Waals surface area contributed by atoms with Gasteiger partial charge in [-0.2, -0.15) is 10.2 Å². The Morgan fingerprint density at radius 3 is 2.91 bits per heavy atom. The molecule has 0 radical (unpaired) electrons. The van der Waals surface area contributed by atoms with E-state index < -0.39 is 0 Å². The van der Waals surface area contributed by atoms with Crippen molar-refractivity contribution < 1.29 is 14.3 Å². The fourth-order valence-electron chi connectivity index (χ4n) is 1.79. The van der Waals surface area contributed by atoms with E-state index in [9.17, 15) is 4.79 Å². The van der Waals surface area contributed by atoms with Gasteiger partial charge in [-0.05, 0) is 37.6 Å². The molecule has 0 unspecified atom stereocenters. The van der Waals surface area contributed by atoms with Crippen molar-refractivity contribution in [1.29, 1.82) is 0 Å². The third-order valence-electron chi connectivity index (χ3n) is 2.73. The second-order valence-corrected chi connectivity index (χ2v) is 4.96. The lowest BCUT2D eigenvalue weighted by molar-refractivity contribution is -0.121. The van der Waals surface area contributed by atoms with Crippen LogP contribution in [0.4, 0.5) is 0 Å². The molecular formula is C15H19N5O3. The zero-order chi connectivity index (χ0) is 16.7. The van der Waals surface area contributed by atoms with Gasteiger partial charge in [0.25, 0.3) is 5.91 Å². The highest BCUT2D eigenvalue weighted by Crippen LogP contribution is 2.28. The van der Waals surface area contributed by atoms with Gasteiger partial charge in [-0.25, -0.2) is 15.1 Å². The molecular weight excluding hydrogens is 298 g/mol. The van der Waals surface area contributed by atoms with Crippen molar-refractivity contribution in [3.63, 3.8) is 0 Å². The summed E-state index contributed by atoms with van der Waals surface area (Å²) in [5.74, 6) is 0.977. The predicted octanol–water partition coefficient (Wildman–Crippen LogP) is 1.22. The van der Waals surface area contributed by atoms with Crippen molar-refractivity contribution in [2.45, 2.75) is 26.5 Å². The largest absolute Gasteiger partial charge is 0.493 e. The Kier molecular flexibility index (Phi) is 5.67. The van der Waals surface area contributed by atoms with Crippen LogP contribution in [0.5, 0.6) is 11.5 Å². The van der Waals surface area contributed by atoms with E-state index in [0.29, 0.717) is 11.5 Å². The molecule has 23 heavy (non-hydrogen) atoms. The first-order valence-electron chi connectivity index (χ1n) is 7.07. The van der Waals surface area contributed by atoms with Crippen molar-refractivity contribution in [3.8, 4) is 11.5 Å². The number of benzene rings is 1. The zero-order valence-electron chi connectivity index (χ0n) is 13.3. The number of nitrogens with zero attached hydrogens (tertiary/aromatic N) is 4. The number of amides is 1. The van der Waals surface area contributed by atoms with E-state index in [1.54, 1.807) is 19.2 Å². The lowest BCUT2D eigenvalue weighted by atomic mass is 10.2. The number of aromatic nitrogens is 3. The highest BCUT2D eigenvalue weighted by atomic mass is 16.5. The van der Waals surface area contributed by atoms with Crippen LogP contribution in [-0.2, 0) is 11.3 Å². The Labute approximate surface area is 134 Å². The Morgan fingerprint density at radius 2 is 2.26 bits per heavy atom. The molecule has 2 aromatic rings. The third kappa shape index (κ3) is 5.10. The summed E-state index contributed by atoms with van der Waals surface area (Å²) >= 11 is 0. The quantitative estimate of drug-likeness (QED) is 0.612. The fraction of sp³-hybridized carbons (Fsp3) is 0.333. The summed E-state index contributed by atoms with van der Waals surface area (Å²) in [5.41, 5.74) is 3.20. The van der Waals surface area contributed by atoms with Crippen LogP contribution in [0.15, 0.2) is 36.0 Å². The molecule has 8 heteroatoms. The molecule has 1 aromatic carbocycles. The molecule has 2 rings (SSSR count). The third-order valence-corrected chi connectivity index (χ3v) is 2.73. The molecule has 0 atom stereocenters. The molecule has 1 N–H and O–H groups in total. The van der Waals surface area contributed by atoms with Gasteiger partial charge in [-0.15, -0.1) is 0 Å². The van der Waals surface area contributed by atoms with E-state index in [1.807, 2.05) is 19.9 Å². The number of ether oxygens (including phenoxy) is 2. The van der Waals surface area contributed by atoms with Crippen LogP contribution in [-0.4, -0.2) is 40.1 Å². The molecule has 0 saturated heterocycles. The molecule has 0 aliphatic heterocycles. The minimum absolute atomic E-state index is 0.0551. The Bertz CT molecular complexity index is 668. The molecule has 0 saturated carbocycles. The number of rotatable bonds is 7. The number of hydrogen-bond donors (Lipinski definition) is 1. The van der Waals surface area contributed by atoms with Crippen molar-refractivity contribution >= 4 is 12.1 Å². The van der Waals surface area contributed by atoms with Crippen LogP contribution in [0.3, 0.4) is 0 Å². The Balaban J connectivity index is 1.95. The molecule has 0 aliphatic rings. The SMILES string of the molecule is COc1cc(C=NNC(=O)Cn2cncn2)ccc1OC(C)C. The number of carbonyl (C=O) groups excluding carboxylic acids is 1. The molecule has 0 fully saturated rings. The minimum Gasteiger partial charge on any atom is -0.493 e. The zero-order valence-corrected chi connectivity index (χ0v) is 13.3. The smallest absolute Gasteiger partial charge is 0.261 e. The van der Waals surface area contributed by atoms with Gasteiger partial charge in [-0.3, -0.25) is 4.79 Å². The molecule has 1 aromatic heterocycles. The lowest BCUT2D eigenvalue weighted by Crippen LogP contribution is -2.23. The van der Waals surface area contributed by atoms with Crippen molar-refractivity contribution in [1.82, 2.24) is 20.2 Å². The highest BCUT2D eigenvalue weighted by Gasteiger charge is 2.07. The van der Waals surface area contributed by atoms with Crippen molar-refractivity contribution in [2.24, 2.45) is 5.10 Å². The first kappa shape index (κ1) is 16.5. The first-order chi connectivity index (χ1) is 11.1. The van der Waals surface area contributed by atoms with E-state index in [4.69, 9.17) is 9.47 Å². The number of hydrogen-bond acceptors (Lipinski definition) is 6. The average molecular weight is 317 g/mol. The number of methoxy groups -OCH3 is 1. The maximum Gasteiger partial charge on any atom is 0.261 e. The van der Waals surface area contributed by atoms with E-state index in [2.05, 4.69) is 20.6 Å². The Hall–Kier alpha value is -2.90. The van der Waals surface area contributed by atoms with Crippen LogP contribution in [0.2, 0.25) is 0 Å². The summed E-state index contributed by atoms with van der Waals surface area (Å²) in [6.45, 7) is 3.95. The average Bonchev–Trinajstić information content (AvgIpc) is 3.01. The summed E-state index contributed by atoms with van der Waals surface area (Å²) in [6.07, 6.45) is 4.41. The monoisotopic (exact) mass is 317 g/mol. The fourth-order valence-corrected chi connectivity index (χ4v) is 1.79. The number of nitrogens with one attached hydrogen (secondary N) is 1. The van der Waals surface area contributed by atoms with Crippen LogP contribution in [0.25, 0.3) is 0 Å². The molecule has 0 spiro atoms. The van der Waals surface area contributed by atoms with Gasteiger partial charge in [0.1, 0.15) is 19.2 Å². The standard InChI is InChI=1S/C15H19N5O3/c1-11(2)23-13-5-4-12(6-14(13)22-3)7-17-19-15(21)8-20-10-16-9-18-20/h4-7,9-11H,8H2,1-3H3,(H,19,21). The molecule has 0 aliphatic carbocycles. The van der Waals surface area contributed by atoms with Gasteiger partial charge in [-0.1, -0.05) is 0 Å². The summed E-state index contributed by atoms with van der Waals surface area (Å²) in [5, 5.41) is 7.75. The topological polar surface area (TPSA) is 90.6 Å². The van der Waals surface area contributed by atoms with Crippen LogP contribution < -0.4 is 14.9 Å². The molecule has 122 valence electrons. The normalized spacial score (nSPS) is 11.0. The van der Waals surface area contributed by atoms with Crippen LogP contribution >= 0.6 is 0 Å². The van der Waals surface area contributed by atoms with Crippen molar-refractivity contribution in [3.05, 3.63) is 36.4 Å². The molecule has 8 nitrogen and oxygen atoms in total. The summed E-state index contributed by atoms with van der Waals surface area (Å²) in [7, 11) is 1.57. The van der Waals surface area contributed by atoms with Gasteiger partial charge in [0.05, 0.1) is 19.4 Å². The molecule has 1 amide bonds. The summed E-state index contributed by atoms with van der Waals surface area (Å²) in [4.78, 5) is 15.4. The van der Waals surface area contributed by atoms with Crippen LogP contribution in [0, 0.1) is 0 Å². The highest BCUT2D eigenvalue weighted by molar-refractivity contribution is 5.83. The maximum absolute atomic E-state index is 11.6. The molecule has 1 heterocycles.